The van der Waals surface area contributed by atoms with Crippen LogP contribution in [0.4, 0.5) is 18.9 Å². The zero-order valence-electron chi connectivity index (χ0n) is 11.4. The number of nitrogens with one attached hydrogen (secondary N) is 1. The highest BCUT2D eigenvalue weighted by Gasteiger charge is 2.53. The first-order valence-corrected chi connectivity index (χ1v) is 6.44. The van der Waals surface area contributed by atoms with Crippen LogP contribution in [0.3, 0.4) is 0 Å². The largest absolute Gasteiger partial charge is 0.458 e. The van der Waals surface area contributed by atoms with Crippen molar-refractivity contribution in [1.82, 2.24) is 9.88 Å². The van der Waals surface area contributed by atoms with E-state index in [0.29, 0.717) is 0 Å². The lowest BCUT2D eigenvalue weighted by molar-refractivity contribution is -0.142. The summed E-state index contributed by atoms with van der Waals surface area (Å²) in [6, 6.07) is 3.37. The molecule has 1 aromatic rings. The van der Waals surface area contributed by atoms with E-state index in [0.717, 1.165) is 12.1 Å². The van der Waals surface area contributed by atoms with Gasteiger partial charge in [0.05, 0.1) is 6.07 Å². The number of likely N-dealkylation sites (tertiary alicyclic amines) is 1. The van der Waals surface area contributed by atoms with Crippen LogP contribution in [-0.2, 0) is 11.0 Å². The van der Waals surface area contributed by atoms with Gasteiger partial charge in [0, 0.05) is 13.0 Å². The molecule has 1 fully saturated rings. The van der Waals surface area contributed by atoms with Crippen molar-refractivity contribution in [3.8, 4) is 11.9 Å². The summed E-state index contributed by atoms with van der Waals surface area (Å²) in [4.78, 5) is 17.3. The van der Waals surface area contributed by atoms with Crippen LogP contribution in [0.1, 0.15) is 12.1 Å². The van der Waals surface area contributed by atoms with Crippen LogP contribution in [-0.4, -0.2) is 41.0 Å². The summed E-state index contributed by atoms with van der Waals surface area (Å²) in [7, 11) is 1.65. The van der Waals surface area contributed by atoms with Crippen molar-refractivity contribution in [3.05, 3.63) is 17.8 Å². The monoisotopic (exact) mass is 312 g/mol. The van der Waals surface area contributed by atoms with E-state index in [4.69, 9.17) is 10.00 Å². The van der Waals surface area contributed by atoms with Gasteiger partial charge in [-0.25, -0.2) is 4.98 Å². The topological polar surface area (TPSA) is 78.2 Å². The summed E-state index contributed by atoms with van der Waals surface area (Å²) in [5, 5.41) is 11.5. The fourth-order valence-corrected chi connectivity index (χ4v) is 2.67. The fourth-order valence-electron chi connectivity index (χ4n) is 2.67. The number of nitriles is 1. The van der Waals surface area contributed by atoms with Crippen molar-refractivity contribution in [2.45, 2.75) is 24.2 Å². The molecule has 0 bridgehead atoms. The summed E-state index contributed by atoms with van der Waals surface area (Å²) in [6.07, 6.45) is -4.53. The zero-order chi connectivity index (χ0) is 16.1. The van der Waals surface area contributed by atoms with Crippen LogP contribution < -0.4 is 10.1 Å². The molecule has 1 aromatic heterocycles. The first kappa shape index (κ1) is 14.6. The summed E-state index contributed by atoms with van der Waals surface area (Å²) in [5.74, 6) is -0.757. The number of nitrogens with zero attached hydrogens (tertiary/aromatic N) is 3. The number of hydrogen-bond acceptors (Lipinski definition) is 5. The molecule has 1 amide bonds. The number of fused-ring (bicyclic) bond motifs is 1. The number of aromatic nitrogens is 1. The second-order valence-corrected chi connectivity index (χ2v) is 5.36. The average Bonchev–Trinajstić information content (AvgIpc) is 2.75. The van der Waals surface area contributed by atoms with Crippen LogP contribution >= 0.6 is 0 Å². The summed E-state index contributed by atoms with van der Waals surface area (Å²) in [5.41, 5.74) is -2.40. The van der Waals surface area contributed by atoms with Crippen molar-refractivity contribution in [2.75, 3.05) is 18.9 Å². The minimum atomic E-state index is -4.60. The van der Waals surface area contributed by atoms with E-state index >= 15 is 0 Å². The molecule has 0 aromatic carbocycles. The predicted octanol–water partition coefficient (Wildman–Crippen LogP) is 1.40. The molecule has 22 heavy (non-hydrogen) atoms. The molecule has 2 aliphatic heterocycles. The highest BCUT2D eigenvalue weighted by molar-refractivity contribution is 6.01. The number of halogens is 3. The molecular weight excluding hydrogens is 301 g/mol. The van der Waals surface area contributed by atoms with Crippen LogP contribution in [0.5, 0.6) is 5.88 Å². The van der Waals surface area contributed by atoms with Gasteiger partial charge in [-0.15, -0.1) is 0 Å². The Labute approximate surface area is 123 Å². The number of likely N-dealkylation sites (N-methyl/N-ethyl adjacent to an activating group) is 1. The molecule has 9 heteroatoms. The van der Waals surface area contributed by atoms with Gasteiger partial charge in [-0.3, -0.25) is 9.69 Å². The SMILES string of the molecule is CN1C[C@@]2(C[C@H]1C#N)Oc1nc(C(F)(F)F)ccc1NC2=O. The maximum absolute atomic E-state index is 12.7. The second kappa shape index (κ2) is 4.58. The van der Waals surface area contributed by atoms with E-state index in [-0.39, 0.29) is 24.5 Å². The first-order chi connectivity index (χ1) is 10.2. The van der Waals surface area contributed by atoms with Gasteiger partial charge in [0.2, 0.25) is 11.5 Å². The van der Waals surface area contributed by atoms with Crippen LogP contribution in [0.2, 0.25) is 0 Å². The molecule has 116 valence electrons. The molecule has 1 saturated heterocycles. The lowest BCUT2D eigenvalue weighted by Gasteiger charge is -2.33. The molecule has 6 nitrogen and oxygen atoms in total. The molecule has 1 N–H and O–H groups in total. The van der Waals surface area contributed by atoms with Crippen molar-refractivity contribution >= 4 is 11.6 Å². The van der Waals surface area contributed by atoms with E-state index in [2.05, 4.69) is 10.3 Å². The highest BCUT2D eigenvalue weighted by Crippen LogP contribution is 2.40. The Morgan fingerprint density at radius 3 is 2.86 bits per heavy atom. The van der Waals surface area contributed by atoms with Gasteiger partial charge in [0.15, 0.2) is 0 Å². The van der Waals surface area contributed by atoms with E-state index in [1.54, 1.807) is 11.9 Å². The number of rotatable bonds is 0. The number of alkyl halides is 3. The first-order valence-electron chi connectivity index (χ1n) is 6.44. The third kappa shape index (κ3) is 2.16. The number of carbonyl (C=O) groups excluding carboxylic acids is 1. The maximum Gasteiger partial charge on any atom is 0.433 e. The molecule has 1 spiro atoms. The predicted molar refractivity (Wildman–Crippen MR) is 67.9 cm³/mol. The average molecular weight is 312 g/mol. The van der Waals surface area contributed by atoms with Crippen LogP contribution in [0.15, 0.2) is 12.1 Å². The second-order valence-electron chi connectivity index (χ2n) is 5.36. The molecule has 2 atom stereocenters. The standard InChI is InChI=1S/C13H11F3N4O2/c1-20-6-12(4-7(20)5-17)11(21)18-8-2-3-9(13(14,15)16)19-10(8)22-12/h2-3,7H,4,6H2,1H3,(H,18,21)/t7-,12+/m0/s1. The molecule has 3 rings (SSSR count). The molecule has 3 heterocycles. The smallest absolute Gasteiger partial charge is 0.433 e. The van der Waals surface area contributed by atoms with Gasteiger partial charge < -0.3 is 10.1 Å². The van der Waals surface area contributed by atoms with Crippen LogP contribution in [0, 0.1) is 11.3 Å². The third-order valence-corrected chi connectivity index (χ3v) is 3.81. The summed E-state index contributed by atoms with van der Waals surface area (Å²) in [6.45, 7) is 0.106. The Bertz CT molecular complexity index is 685. The lowest BCUT2D eigenvalue weighted by atomic mass is 9.97. The van der Waals surface area contributed by atoms with Gasteiger partial charge in [-0.1, -0.05) is 0 Å². The van der Waals surface area contributed by atoms with Gasteiger partial charge in [-0.2, -0.15) is 18.4 Å². The van der Waals surface area contributed by atoms with Crippen LogP contribution in [0.25, 0.3) is 0 Å². The third-order valence-electron chi connectivity index (χ3n) is 3.81. The van der Waals surface area contributed by atoms with E-state index in [9.17, 15) is 18.0 Å². The summed E-state index contributed by atoms with van der Waals surface area (Å²) < 4.78 is 43.7. The molecule has 2 aliphatic rings. The number of pyridine rings is 1. The van der Waals surface area contributed by atoms with Crippen molar-refractivity contribution in [2.24, 2.45) is 0 Å². The Morgan fingerprint density at radius 1 is 1.55 bits per heavy atom. The minimum absolute atomic E-state index is 0.0726. The number of hydrogen-bond donors (Lipinski definition) is 1. The Kier molecular flexibility index (Phi) is 3.04. The fraction of sp³-hybridized carbons (Fsp3) is 0.462. The summed E-state index contributed by atoms with van der Waals surface area (Å²) >= 11 is 0. The number of amides is 1. The highest BCUT2D eigenvalue weighted by atomic mass is 19.4. The molecule has 0 aliphatic carbocycles. The Hall–Kier alpha value is -2.34. The van der Waals surface area contributed by atoms with Crippen molar-refractivity contribution in [3.63, 3.8) is 0 Å². The number of ether oxygens (including phenoxy) is 1. The molecule has 0 unspecified atom stereocenters. The van der Waals surface area contributed by atoms with E-state index < -0.39 is 29.4 Å². The molecule has 0 saturated carbocycles. The van der Waals surface area contributed by atoms with Gasteiger partial charge in [0.25, 0.3) is 5.91 Å². The Morgan fingerprint density at radius 2 is 2.27 bits per heavy atom. The zero-order valence-corrected chi connectivity index (χ0v) is 11.4. The number of carbonyl (C=O) groups is 1. The minimum Gasteiger partial charge on any atom is -0.458 e. The molecule has 0 radical (unpaired) electrons. The molecular formula is C13H11F3N4O2. The Balaban J connectivity index is 1.98. The van der Waals surface area contributed by atoms with Gasteiger partial charge in [-0.05, 0) is 19.2 Å². The van der Waals surface area contributed by atoms with Crippen molar-refractivity contribution in [1.29, 1.82) is 5.26 Å². The lowest BCUT2D eigenvalue weighted by Crippen LogP contribution is -2.52. The van der Waals surface area contributed by atoms with Gasteiger partial charge in [0.1, 0.15) is 17.4 Å². The van der Waals surface area contributed by atoms with Gasteiger partial charge >= 0.3 is 6.18 Å². The normalized spacial score (nSPS) is 28.0. The number of anilines is 1. The van der Waals surface area contributed by atoms with E-state index in [1.165, 1.54) is 0 Å². The maximum atomic E-state index is 12.7. The van der Waals surface area contributed by atoms with E-state index in [1.807, 2.05) is 6.07 Å². The quantitative estimate of drug-likeness (QED) is 0.783. The van der Waals surface area contributed by atoms with Crippen molar-refractivity contribution < 1.29 is 22.7 Å².